The van der Waals surface area contributed by atoms with Crippen LogP contribution < -0.4 is 48.3 Å². The number of hydrogen-bond donors (Lipinski definition) is 11. The Labute approximate surface area is 727 Å². The summed E-state index contributed by atoms with van der Waals surface area (Å²) >= 11 is 0. The van der Waals surface area contributed by atoms with Gasteiger partial charge in [0, 0.05) is 37.9 Å². The number of unbranched alkanes of at least 4 members (excludes halogenated alkanes) is 3. The van der Waals surface area contributed by atoms with Crippen LogP contribution in [0.15, 0.2) is 91.0 Å². The molecule has 0 unspecified atom stereocenters. The highest BCUT2D eigenvalue weighted by molar-refractivity contribution is 5.89. The van der Waals surface area contributed by atoms with Gasteiger partial charge in [-0.25, -0.2) is 43.2 Å². The number of carboxylic acid groups (broad SMARTS) is 2. The van der Waals surface area contributed by atoms with Crippen LogP contribution in [0.5, 0.6) is 0 Å². The maximum absolute atomic E-state index is 13.0. The molecule has 0 spiro atoms. The zero-order valence-corrected chi connectivity index (χ0v) is 78.5. The van der Waals surface area contributed by atoms with Crippen LogP contribution in [0.25, 0.3) is 0 Å². The van der Waals surface area contributed by atoms with Crippen molar-refractivity contribution >= 4 is 78.1 Å². The van der Waals surface area contributed by atoms with Crippen LogP contribution in [-0.2, 0) is 89.4 Å². The van der Waals surface area contributed by atoms with E-state index in [4.69, 9.17) is 38.9 Å². The third kappa shape index (κ3) is 69.9. The lowest BCUT2D eigenvalue weighted by molar-refractivity contribution is -0.160. The molecule has 0 fully saturated rings. The van der Waals surface area contributed by atoms with Crippen LogP contribution in [0.1, 0.15) is 305 Å². The van der Waals surface area contributed by atoms with Crippen molar-refractivity contribution in [2.75, 3.05) is 19.6 Å². The Hall–Kier alpha value is -9.75. The average Bonchev–Trinajstić information content (AvgIpc) is 0.872. The number of nitrogens with two attached hydrogens (primary N) is 1. The lowest BCUT2D eigenvalue weighted by Crippen LogP contribution is -2.53. The number of rotatable bonds is 40. The molecule has 0 heterocycles. The number of carboxylic acids is 2. The summed E-state index contributed by atoms with van der Waals surface area (Å²) in [5, 5.41) is 40.2. The van der Waals surface area contributed by atoms with E-state index >= 15 is 0 Å². The van der Waals surface area contributed by atoms with Crippen molar-refractivity contribution in [2.45, 2.75) is 372 Å². The molecule has 3 aromatic rings. The molecule has 0 saturated carbocycles. The first-order valence-corrected chi connectivity index (χ1v) is 42.5. The summed E-state index contributed by atoms with van der Waals surface area (Å²) in [7, 11) is 0. The lowest BCUT2D eigenvalue weighted by atomic mass is 10.1. The van der Waals surface area contributed by atoms with E-state index in [1.165, 1.54) is 5.56 Å². The Morgan fingerprint density at radius 1 is 0.320 bits per heavy atom. The van der Waals surface area contributed by atoms with Crippen LogP contribution in [0.2, 0.25) is 0 Å². The summed E-state index contributed by atoms with van der Waals surface area (Å²) in [5.74, 6) is -6.64. The molecule has 696 valence electrons. The first-order valence-electron chi connectivity index (χ1n) is 42.5. The molecule has 0 aliphatic heterocycles. The maximum atomic E-state index is 13.0. The monoisotopic (exact) mass is 1730 g/mol. The van der Waals surface area contributed by atoms with Crippen molar-refractivity contribution in [3.8, 4) is 0 Å². The van der Waals surface area contributed by atoms with Crippen LogP contribution in [0.4, 0.5) is 14.4 Å². The second-order valence-electron chi connectivity index (χ2n) is 34.5. The number of aliphatic carboxylic acids is 2. The average molecular weight is 1730 g/mol. The quantitative estimate of drug-likeness (QED) is 0.0109. The van der Waals surface area contributed by atoms with E-state index in [9.17, 15) is 72.5 Å². The first-order chi connectivity index (χ1) is 56.6. The number of amides is 6. The largest absolute Gasteiger partial charge is 0.480 e. The van der Waals surface area contributed by atoms with E-state index in [2.05, 4.69) is 42.5 Å². The van der Waals surface area contributed by atoms with E-state index in [0.717, 1.165) is 36.9 Å². The molecule has 31 nitrogen and oxygen atoms in total. The minimum Gasteiger partial charge on any atom is -0.480 e. The minimum atomic E-state index is -1.35. The number of esters is 7. The second kappa shape index (κ2) is 63.2. The van der Waals surface area contributed by atoms with Gasteiger partial charge in [-0.2, -0.15) is 0 Å². The predicted molar refractivity (Wildman–Crippen MR) is 474 cm³/mol. The highest BCUT2D eigenvalue weighted by Crippen LogP contribution is 2.20. The third-order valence-corrected chi connectivity index (χ3v) is 14.8. The van der Waals surface area contributed by atoms with Crippen molar-refractivity contribution < 1.29 is 106 Å². The number of nitrogens with one attached hydrogen (secondary N) is 8. The third-order valence-electron chi connectivity index (χ3n) is 14.8. The number of carbonyl (C=O) groups excluding carboxylic acids is 11. The van der Waals surface area contributed by atoms with E-state index in [0.29, 0.717) is 64.6 Å². The van der Waals surface area contributed by atoms with Crippen molar-refractivity contribution in [3.63, 3.8) is 0 Å². The minimum absolute atomic E-state index is 0.0263. The van der Waals surface area contributed by atoms with Gasteiger partial charge < -0.3 is 91.6 Å². The second-order valence-corrected chi connectivity index (χ2v) is 34.5. The smallest absolute Gasteiger partial charge is 0.329 e. The van der Waals surface area contributed by atoms with Crippen molar-refractivity contribution in [2.24, 2.45) is 5.73 Å². The molecule has 0 aliphatic rings. The molecular weight excluding hydrogens is 1570 g/mol. The standard InChI is InChI=1S/C31H51N3O7.C24H45N3O7.C23H35N3O7.C7H6O.3C2H6/c1-29(2,3)39-25(35)19-18-24(27(37)41-31(7,8)9)34-28(38)33-23(26(36)40-30(4,5)6)17-13-14-20-32-21-22-15-11-10-12-16-22;1-22(2,3)32-18(28)14-13-17(20(30)34-24(7,8)9)27-21(31)26-16(12-10-11-15-25)19(29)33-23(4,5)6;1-23(2,3)33-19(27)13-12-18(21(30)31)26-22(32)25-17(20(28)29)11-7-8-14-24-15-16-9-5-4-6-10-16;8-6-7-4-2-1-3-5-7;3*1-2/h10-12,15-16,23-24,32H,13-14,17-21H2,1-9H3,(H2,33,34,38);16-17H,10-15,25H2,1-9H3,(H2,26,27,31);4-6,9-10,17-18,24H,7-8,11-15H2,1-3H3,(H,28,29)(H,30,31)(H2,25,26,32);1-6H;3*1-2H3/t23-,24-;16-,17-;17-,18-;;;;/m000..../s1. The topological polar surface area (TPSA) is 449 Å². The van der Waals surface area contributed by atoms with Crippen molar-refractivity contribution in [3.05, 3.63) is 108 Å². The molecule has 0 saturated heterocycles. The molecule has 31 heteroatoms. The van der Waals surface area contributed by atoms with E-state index < -0.39 is 147 Å². The Kier molecular flexibility index (Phi) is 61.4. The molecular formula is C91H155N9O22. The molecule has 122 heavy (non-hydrogen) atoms. The van der Waals surface area contributed by atoms with Gasteiger partial charge in [-0.1, -0.05) is 133 Å². The van der Waals surface area contributed by atoms with E-state index in [-0.39, 0.29) is 44.9 Å². The predicted octanol–water partition coefficient (Wildman–Crippen LogP) is 14.6. The summed E-state index contributed by atoms with van der Waals surface area (Å²) < 4.78 is 37.5. The number of carbonyl (C=O) groups is 13. The Morgan fingerprint density at radius 3 is 0.779 bits per heavy atom. The van der Waals surface area contributed by atoms with Gasteiger partial charge >= 0.3 is 71.8 Å². The molecule has 12 N–H and O–H groups in total. The van der Waals surface area contributed by atoms with E-state index in [1.54, 1.807) is 158 Å². The summed E-state index contributed by atoms with van der Waals surface area (Å²) in [6.45, 7) is 51.6. The molecule has 0 radical (unpaired) electrons. The fourth-order valence-electron chi connectivity index (χ4n) is 9.92. The van der Waals surface area contributed by atoms with Crippen molar-refractivity contribution in [1.82, 2.24) is 42.5 Å². The Bertz CT molecular complexity index is 3460. The number of aldehydes is 1. The van der Waals surface area contributed by atoms with Gasteiger partial charge in [-0.3, -0.25) is 19.2 Å². The Balaban J connectivity index is -0.000000795. The fraction of sp³-hybridized carbons (Fsp3) is 0.659. The van der Waals surface area contributed by atoms with Gasteiger partial charge in [0.05, 0.1) is 0 Å². The highest BCUT2D eigenvalue weighted by atomic mass is 16.6. The molecule has 6 atom stereocenters. The number of urea groups is 3. The fourth-order valence-corrected chi connectivity index (χ4v) is 9.92. The van der Waals surface area contributed by atoms with Crippen LogP contribution >= 0.6 is 0 Å². The molecule has 3 aromatic carbocycles. The van der Waals surface area contributed by atoms with Gasteiger partial charge in [0.15, 0.2) is 0 Å². The van der Waals surface area contributed by atoms with E-state index in [1.807, 2.05) is 120 Å². The lowest BCUT2D eigenvalue weighted by Gasteiger charge is -2.27. The molecule has 6 amide bonds. The Morgan fingerprint density at radius 2 is 0.541 bits per heavy atom. The summed E-state index contributed by atoms with van der Waals surface area (Å²) in [6, 6.07) is 20.0. The first kappa shape index (κ1) is 119. The summed E-state index contributed by atoms with van der Waals surface area (Å²) in [5.41, 5.74) is 3.49. The molecule has 0 aromatic heterocycles. The zero-order chi connectivity index (χ0) is 94.7. The summed E-state index contributed by atoms with van der Waals surface area (Å²) in [4.78, 5) is 158. The number of benzene rings is 3. The van der Waals surface area contributed by atoms with Gasteiger partial charge in [-0.15, -0.1) is 0 Å². The molecule has 0 aliphatic carbocycles. The summed E-state index contributed by atoms with van der Waals surface area (Å²) in [6.07, 6.45) is 5.07. The van der Waals surface area contributed by atoms with Crippen LogP contribution in [0.3, 0.4) is 0 Å². The number of hydrogen-bond acceptors (Lipinski definition) is 23. The number of ether oxygens (including phenoxy) is 7. The van der Waals surface area contributed by atoms with Gasteiger partial charge in [0.1, 0.15) is 81.7 Å². The van der Waals surface area contributed by atoms with Gasteiger partial charge in [0.2, 0.25) is 0 Å². The normalized spacial score (nSPS) is 12.6. The SMILES string of the molecule is CC.CC.CC.CC(C)(C)OC(=O)CC[C@H](NC(=O)N[C@@H](CCCCN)C(=O)OC(C)(C)C)C(=O)OC(C)(C)C.CC(C)(C)OC(=O)CC[C@H](NC(=O)N[C@@H](CCCCNCc1ccccc1)C(=O)O)C(=O)O.CC(C)(C)OC(=O)CC[C@H](NC(=O)N[C@@H](CCCCNCc1ccccc1)C(=O)OC(C)(C)C)C(=O)OC(C)(C)C.O=Cc1ccccc1. The van der Waals surface area contributed by atoms with Crippen LogP contribution in [0, 0.1) is 0 Å². The zero-order valence-electron chi connectivity index (χ0n) is 78.5. The van der Waals surface area contributed by atoms with Crippen molar-refractivity contribution in [1.29, 1.82) is 0 Å². The highest BCUT2D eigenvalue weighted by Gasteiger charge is 2.35. The maximum Gasteiger partial charge on any atom is 0.329 e. The van der Waals surface area contributed by atoms with Gasteiger partial charge in [0.25, 0.3) is 0 Å². The molecule has 3 rings (SSSR count). The van der Waals surface area contributed by atoms with Gasteiger partial charge in [-0.05, 0) is 253 Å². The van der Waals surface area contributed by atoms with Crippen LogP contribution in [-0.4, -0.2) is 183 Å². The molecule has 0 bridgehead atoms.